The van der Waals surface area contributed by atoms with Gasteiger partial charge in [-0.2, -0.15) is 0 Å². The molecule has 1 aliphatic rings. The van der Waals surface area contributed by atoms with Crippen LogP contribution in [-0.2, 0) is 16.8 Å². The first kappa shape index (κ1) is 19.4. The summed E-state index contributed by atoms with van der Waals surface area (Å²) in [6, 6.07) is 9.80. The van der Waals surface area contributed by atoms with Gasteiger partial charge in [0, 0.05) is 36.5 Å². The van der Waals surface area contributed by atoms with Crippen LogP contribution in [0.25, 0.3) is 0 Å². The Morgan fingerprint density at radius 3 is 2.70 bits per heavy atom. The van der Waals surface area contributed by atoms with Crippen molar-refractivity contribution < 1.29 is 4.79 Å². The van der Waals surface area contributed by atoms with Gasteiger partial charge in [-0.05, 0) is 12.1 Å². The number of carbonyl (C=O) groups excluding carboxylic acids is 1. The van der Waals surface area contributed by atoms with E-state index < -0.39 is 0 Å². The number of para-hydroxylation sites is 1. The number of carbonyl (C=O) groups is 1. The van der Waals surface area contributed by atoms with Gasteiger partial charge in [0.15, 0.2) is 5.96 Å². The molecule has 0 aliphatic carbocycles. The second-order valence-electron chi connectivity index (χ2n) is 7.69. The fourth-order valence-electron chi connectivity index (χ4n) is 2.95. The van der Waals surface area contributed by atoms with Crippen LogP contribution < -0.4 is 15.5 Å². The van der Waals surface area contributed by atoms with Crippen molar-refractivity contribution >= 4 is 28.9 Å². The Hall–Kier alpha value is -2.41. The van der Waals surface area contributed by atoms with E-state index in [1.807, 2.05) is 35.2 Å². The van der Waals surface area contributed by atoms with Crippen molar-refractivity contribution in [3.05, 3.63) is 46.4 Å². The molecule has 27 heavy (non-hydrogen) atoms. The summed E-state index contributed by atoms with van der Waals surface area (Å²) in [6.07, 6.45) is 0.459. The van der Waals surface area contributed by atoms with Crippen LogP contribution >= 0.6 is 11.3 Å². The molecule has 1 aromatic carbocycles. The number of anilines is 1. The van der Waals surface area contributed by atoms with E-state index in [1.54, 1.807) is 18.4 Å². The van der Waals surface area contributed by atoms with E-state index in [0.717, 1.165) is 16.4 Å². The Bertz CT molecular complexity index is 809. The number of hydrogen-bond acceptors (Lipinski definition) is 4. The maximum atomic E-state index is 12.3. The fourth-order valence-corrected chi connectivity index (χ4v) is 3.91. The van der Waals surface area contributed by atoms with E-state index in [9.17, 15) is 4.79 Å². The monoisotopic (exact) mass is 385 g/mol. The fraction of sp³-hybridized carbons (Fsp3) is 0.450. The van der Waals surface area contributed by atoms with Gasteiger partial charge in [0.1, 0.15) is 5.01 Å². The summed E-state index contributed by atoms with van der Waals surface area (Å²) >= 11 is 1.65. The molecule has 2 aromatic rings. The van der Waals surface area contributed by atoms with Gasteiger partial charge in [-0.25, -0.2) is 4.98 Å². The van der Waals surface area contributed by atoms with Gasteiger partial charge in [-0.3, -0.25) is 9.79 Å². The Morgan fingerprint density at radius 2 is 2.07 bits per heavy atom. The SMILES string of the molecule is CN=C(NCc1nc(C(C)(C)C)cs1)NC1CC(=O)N(c2ccccc2)C1. The number of rotatable bonds is 4. The third-order valence-corrected chi connectivity index (χ3v) is 5.33. The first-order valence-electron chi connectivity index (χ1n) is 9.14. The summed E-state index contributed by atoms with van der Waals surface area (Å²) in [4.78, 5) is 23.1. The van der Waals surface area contributed by atoms with Crippen LogP contribution in [0.1, 0.15) is 37.9 Å². The number of aromatic nitrogens is 1. The molecule has 1 amide bonds. The van der Waals surface area contributed by atoms with Gasteiger partial charge in [0.05, 0.1) is 18.3 Å². The van der Waals surface area contributed by atoms with Crippen LogP contribution in [0.4, 0.5) is 5.69 Å². The quantitative estimate of drug-likeness (QED) is 0.627. The zero-order valence-corrected chi connectivity index (χ0v) is 17.1. The summed E-state index contributed by atoms with van der Waals surface area (Å²) in [5, 5.41) is 9.80. The molecule has 0 bridgehead atoms. The van der Waals surface area contributed by atoms with Crippen molar-refractivity contribution in [1.82, 2.24) is 15.6 Å². The highest BCUT2D eigenvalue weighted by Gasteiger charge is 2.31. The summed E-state index contributed by atoms with van der Waals surface area (Å²) in [6.45, 7) is 7.73. The summed E-state index contributed by atoms with van der Waals surface area (Å²) in [7, 11) is 1.74. The van der Waals surface area contributed by atoms with Crippen LogP contribution in [0.3, 0.4) is 0 Å². The van der Waals surface area contributed by atoms with E-state index in [0.29, 0.717) is 25.5 Å². The molecule has 1 saturated heterocycles. The molecule has 0 saturated carbocycles. The van der Waals surface area contributed by atoms with Gasteiger partial charge in [-0.1, -0.05) is 39.0 Å². The molecule has 1 aromatic heterocycles. The number of nitrogens with zero attached hydrogens (tertiary/aromatic N) is 3. The molecule has 1 fully saturated rings. The highest BCUT2D eigenvalue weighted by molar-refractivity contribution is 7.09. The molecule has 3 rings (SSSR count). The van der Waals surface area contributed by atoms with Gasteiger partial charge >= 0.3 is 0 Å². The standard InChI is InChI=1S/C20H27N5OS/c1-20(2,3)16-13-27-17(24-16)11-22-19(21-4)23-14-10-18(26)25(12-14)15-8-6-5-7-9-15/h5-9,13-14H,10-12H2,1-4H3,(H2,21,22,23). The predicted molar refractivity (Wildman–Crippen MR) is 111 cm³/mol. The molecular weight excluding hydrogens is 358 g/mol. The Morgan fingerprint density at radius 1 is 1.33 bits per heavy atom. The summed E-state index contributed by atoms with van der Waals surface area (Å²) in [5.41, 5.74) is 2.10. The third kappa shape index (κ3) is 4.86. The Labute approximate surface area is 164 Å². The van der Waals surface area contributed by atoms with Crippen LogP contribution in [-0.4, -0.2) is 36.5 Å². The van der Waals surface area contributed by atoms with Crippen molar-refractivity contribution in [1.29, 1.82) is 0 Å². The highest BCUT2D eigenvalue weighted by atomic mass is 32.1. The maximum absolute atomic E-state index is 12.3. The van der Waals surface area contributed by atoms with E-state index in [1.165, 1.54) is 0 Å². The lowest BCUT2D eigenvalue weighted by Crippen LogP contribution is -2.44. The van der Waals surface area contributed by atoms with Gasteiger partial charge in [-0.15, -0.1) is 11.3 Å². The van der Waals surface area contributed by atoms with Crippen molar-refractivity contribution in [2.45, 2.75) is 45.2 Å². The van der Waals surface area contributed by atoms with Gasteiger partial charge < -0.3 is 15.5 Å². The minimum absolute atomic E-state index is 0.0327. The Kier molecular flexibility index (Phi) is 5.79. The minimum atomic E-state index is 0.0327. The number of thiazole rings is 1. The normalized spacial score (nSPS) is 18.1. The zero-order valence-electron chi connectivity index (χ0n) is 16.3. The molecule has 1 aliphatic heterocycles. The van der Waals surface area contributed by atoms with E-state index in [2.05, 4.69) is 41.8 Å². The average Bonchev–Trinajstić information content (AvgIpc) is 3.26. The van der Waals surface area contributed by atoms with Gasteiger partial charge in [0.25, 0.3) is 0 Å². The molecule has 2 heterocycles. The minimum Gasteiger partial charge on any atom is -0.351 e. The number of benzene rings is 1. The molecule has 6 nitrogen and oxygen atoms in total. The molecule has 144 valence electrons. The van der Waals surface area contributed by atoms with Crippen LogP contribution in [0.2, 0.25) is 0 Å². The number of amides is 1. The predicted octanol–water partition coefficient (Wildman–Crippen LogP) is 2.91. The van der Waals surface area contributed by atoms with Crippen molar-refractivity contribution in [3.8, 4) is 0 Å². The van der Waals surface area contributed by atoms with Crippen LogP contribution in [0.5, 0.6) is 0 Å². The van der Waals surface area contributed by atoms with Crippen molar-refractivity contribution in [3.63, 3.8) is 0 Å². The highest BCUT2D eigenvalue weighted by Crippen LogP contribution is 2.24. The van der Waals surface area contributed by atoms with Crippen molar-refractivity contribution in [2.75, 3.05) is 18.5 Å². The third-order valence-electron chi connectivity index (χ3n) is 4.48. The smallest absolute Gasteiger partial charge is 0.229 e. The Balaban J connectivity index is 1.55. The second-order valence-corrected chi connectivity index (χ2v) is 8.63. The van der Waals surface area contributed by atoms with E-state index >= 15 is 0 Å². The lowest BCUT2D eigenvalue weighted by molar-refractivity contribution is -0.117. The second kappa shape index (κ2) is 8.08. The summed E-state index contributed by atoms with van der Waals surface area (Å²) in [5.74, 6) is 0.819. The number of hydrogen-bond donors (Lipinski definition) is 2. The van der Waals surface area contributed by atoms with Crippen LogP contribution in [0.15, 0.2) is 40.7 Å². The molecular formula is C20H27N5OS. The largest absolute Gasteiger partial charge is 0.351 e. The zero-order chi connectivity index (χ0) is 19.4. The summed E-state index contributed by atoms with van der Waals surface area (Å²) < 4.78 is 0. The number of nitrogens with one attached hydrogen (secondary N) is 2. The average molecular weight is 386 g/mol. The van der Waals surface area contributed by atoms with Crippen LogP contribution in [0, 0.1) is 0 Å². The topological polar surface area (TPSA) is 69.6 Å². The molecule has 0 radical (unpaired) electrons. The maximum Gasteiger partial charge on any atom is 0.229 e. The molecule has 7 heteroatoms. The molecule has 1 atom stereocenters. The lowest BCUT2D eigenvalue weighted by atomic mass is 9.93. The number of aliphatic imine (C=N–C) groups is 1. The van der Waals surface area contributed by atoms with E-state index in [-0.39, 0.29) is 17.4 Å². The molecule has 0 spiro atoms. The first-order valence-corrected chi connectivity index (χ1v) is 10.0. The van der Waals surface area contributed by atoms with E-state index in [4.69, 9.17) is 4.98 Å². The molecule has 2 N–H and O–H groups in total. The lowest BCUT2D eigenvalue weighted by Gasteiger charge is -2.18. The van der Waals surface area contributed by atoms with Gasteiger partial charge in [0.2, 0.25) is 5.91 Å². The number of guanidine groups is 1. The first-order chi connectivity index (χ1) is 12.9. The van der Waals surface area contributed by atoms with Crippen molar-refractivity contribution in [2.24, 2.45) is 4.99 Å². The molecule has 1 unspecified atom stereocenters.